The van der Waals surface area contributed by atoms with Crippen LogP contribution in [0, 0.1) is 0 Å². The quantitative estimate of drug-likeness (QED) is 0.647. The third kappa shape index (κ3) is 6.10. The number of hydrogen-bond acceptors (Lipinski definition) is 4. The van der Waals surface area contributed by atoms with Gasteiger partial charge in [-0.3, -0.25) is 4.79 Å². The summed E-state index contributed by atoms with van der Waals surface area (Å²) >= 11 is 0. The highest BCUT2D eigenvalue weighted by atomic mass is 16.5. The molecule has 1 aromatic heterocycles. The first-order chi connectivity index (χ1) is 12.2. The van der Waals surface area contributed by atoms with Gasteiger partial charge in [0.15, 0.2) is 0 Å². The van der Waals surface area contributed by atoms with Crippen molar-refractivity contribution in [1.29, 1.82) is 0 Å². The molecule has 25 heavy (non-hydrogen) atoms. The Bertz CT molecular complexity index is 673. The smallest absolute Gasteiger partial charge is 0.251 e. The zero-order chi connectivity index (χ0) is 17.9. The Kier molecular flexibility index (Phi) is 7.76. The van der Waals surface area contributed by atoms with E-state index < -0.39 is 0 Å². The molecule has 2 rings (SSSR count). The molecule has 0 atom stereocenters. The number of amides is 1. The van der Waals surface area contributed by atoms with E-state index in [1.807, 2.05) is 24.3 Å². The van der Waals surface area contributed by atoms with Gasteiger partial charge in [0.2, 0.25) is 0 Å². The number of methoxy groups -OCH3 is 1. The van der Waals surface area contributed by atoms with Gasteiger partial charge in [0.1, 0.15) is 11.6 Å². The van der Waals surface area contributed by atoms with Crippen molar-refractivity contribution in [3.05, 3.63) is 53.7 Å². The van der Waals surface area contributed by atoms with Crippen LogP contribution in [0.25, 0.3) is 0 Å². The van der Waals surface area contributed by atoms with Crippen molar-refractivity contribution in [3.63, 3.8) is 0 Å². The van der Waals surface area contributed by atoms with Crippen LogP contribution in [0.15, 0.2) is 42.6 Å². The highest BCUT2D eigenvalue weighted by molar-refractivity contribution is 5.94. The minimum Gasteiger partial charge on any atom is -0.496 e. The molecule has 1 aromatic carbocycles. The minimum atomic E-state index is -0.0497. The summed E-state index contributed by atoms with van der Waals surface area (Å²) in [7, 11) is 1.68. The predicted octanol–water partition coefficient (Wildman–Crippen LogP) is 3.66. The maximum absolute atomic E-state index is 12.2. The van der Waals surface area contributed by atoms with Crippen LogP contribution in [-0.4, -0.2) is 31.1 Å². The molecule has 0 aliphatic carbocycles. The minimum absolute atomic E-state index is 0.0497. The van der Waals surface area contributed by atoms with Crippen molar-refractivity contribution >= 4 is 11.7 Å². The second-order valence-electron chi connectivity index (χ2n) is 5.88. The Balaban J connectivity index is 1.85. The summed E-state index contributed by atoms with van der Waals surface area (Å²) in [6.45, 7) is 3.58. The van der Waals surface area contributed by atoms with Gasteiger partial charge >= 0.3 is 0 Å². The number of unbranched alkanes of at least 4 members (excludes halogenated alkanes) is 2. The molecule has 134 valence electrons. The number of para-hydroxylation sites is 1. The number of anilines is 1. The number of carbonyl (C=O) groups is 1. The van der Waals surface area contributed by atoms with Gasteiger partial charge in [-0.1, -0.05) is 38.0 Å². The number of benzene rings is 1. The maximum atomic E-state index is 12.2. The number of pyridine rings is 1. The van der Waals surface area contributed by atoms with Gasteiger partial charge in [-0.2, -0.15) is 0 Å². The molecule has 0 unspecified atom stereocenters. The summed E-state index contributed by atoms with van der Waals surface area (Å²) in [5.41, 5.74) is 1.77. The van der Waals surface area contributed by atoms with E-state index in [0.717, 1.165) is 43.5 Å². The first-order valence-electron chi connectivity index (χ1n) is 8.84. The molecule has 0 radical (unpaired) electrons. The van der Waals surface area contributed by atoms with Crippen molar-refractivity contribution in [3.8, 4) is 5.75 Å². The van der Waals surface area contributed by atoms with E-state index in [1.54, 1.807) is 25.4 Å². The molecule has 0 spiro atoms. The number of ether oxygens (including phenoxy) is 1. The molecule has 0 aliphatic heterocycles. The summed E-state index contributed by atoms with van der Waals surface area (Å²) in [6.07, 6.45) is 5.76. The van der Waals surface area contributed by atoms with Gasteiger partial charge in [0, 0.05) is 24.8 Å². The molecule has 2 aromatic rings. The van der Waals surface area contributed by atoms with E-state index in [1.165, 1.54) is 0 Å². The van der Waals surface area contributed by atoms with Gasteiger partial charge in [-0.15, -0.1) is 0 Å². The molecule has 0 fully saturated rings. The normalized spacial score (nSPS) is 10.3. The molecule has 0 aliphatic rings. The lowest BCUT2D eigenvalue weighted by atomic mass is 10.1. The van der Waals surface area contributed by atoms with E-state index in [0.29, 0.717) is 17.9 Å². The summed E-state index contributed by atoms with van der Waals surface area (Å²) < 4.78 is 5.36. The van der Waals surface area contributed by atoms with Crippen LogP contribution in [0.4, 0.5) is 5.82 Å². The molecule has 0 saturated carbocycles. The Hall–Kier alpha value is -2.56. The average Bonchev–Trinajstić information content (AvgIpc) is 2.65. The molecule has 5 nitrogen and oxygen atoms in total. The molecule has 0 bridgehead atoms. The molecule has 0 saturated heterocycles. The zero-order valence-corrected chi connectivity index (χ0v) is 15.0. The summed E-state index contributed by atoms with van der Waals surface area (Å²) in [5, 5.41) is 6.22. The van der Waals surface area contributed by atoms with Crippen LogP contribution in [-0.2, 0) is 6.42 Å². The van der Waals surface area contributed by atoms with Gasteiger partial charge in [0.25, 0.3) is 5.91 Å². The van der Waals surface area contributed by atoms with Crippen LogP contribution in [0.1, 0.15) is 42.1 Å². The van der Waals surface area contributed by atoms with Crippen molar-refractivity contribution in [2.45, 2.75) is 32.6 Å². The SMILES string of the molecule is CCCCCNC(=O)c1ccnc(NCCc2ccccc2OC)c1. The number of carbonyl (C=O) groups excluding carboxylic acids is 1. The van der Waals surface area contributed by atoms with E-state index in [-0.39, 0.29) is 5.91 Å². The Morgan fingerprint density at radius 3 is 2.80 bits per heavy atom. The fourth-order valence-corrected chi connectivity index (χ4v) is 2.58. The number of nitrogens with zero attached hydrogens (tertiary/aromatic N) is 1. The van der Waals surface area contributed by atoms with E-state index in [9.17, 15) is 4.79 Å². The van der Waals surface area contributed by atoms with Crippen molar-refractivity contribution < 1.29 is 9.53 Å². The fraction of sp³-hybridized carbons (Fsp3) is 0.400. The third-order valence-corrected chi connectivity index (χ3v) is 3.98. The topological polar surface area (TPSA) is 63.2 Å². The summed E-state index contributed by atoms with van der Waals surface area (Å²) in [5.74, 6) is 1.54. The van der Waals surface area contributed by atoms with Crippen LogP contribution >= 0.6 is 0 Å². The number of rotatable bonds is 10. The number of hydrogen-bond donors (Lipinski definition) is 2. The lowest BCUT2D eigenvalue weighted by molar-refractivity contribution is 0.0953. The van der Waals surface area contributed by atoms with Gasteiger partial charge in [-0.25, -0.2) is 4.98 Å². The molecule has 2 N–H and O–H groups in total. The second kappa shape index (κ2) is 10.3. The molecular weight excluding hydrogens is 314 g/mol. The second-order valence-corrected chi connectivity index (χ2v) is 5.88. The van der Waals surface area contributed by atoms with E-state index in [4.69, 9.17) is 4.74 Å². The predicted molar refractivity (Wildman–Crippen MR) is 101 cm³/mol. The first kappa shape index (κ1) is 18.8. The Morgan fingerprint density at radius 1 is 1.16 bits per heavy atom. The molecule has 1 amide bonds. The highest BCUT2D eigenvalue weighted by Gasteiger charge is 2.07. The Morgan fingerprint density at radius 2 is 2.00 bits per heavy atom. The van der Waals surface area contributed by atoms with Crippen LogP contribution in [0.2, 0.25) is 0 Å². The number of aromatic nitrogens is 1. The largest absolute Gasteiger partial charge is 0.496 e. The third-order valence-electron chi connectivity index (χ3n) is 3.98. The van der Waals surface area contributed by atoms with Gasteiger partial charge in [-0.05, 0) is 36.6 Å². The fourth-order valence-electron chi connectivity index (χ4n) is 2.58. The molecule has 5 heteroatoms. The summed E-state index contributed by atoms with van der Waals surface area (Å²) in [6, 6.07) is 11.5. The van der Waals surface area contributed by atoms with Crippen molar-refractivity contribution in [2.24, 2.45) is 0 Å². The molecular formula is C20H27N3O2. The van der Waals surface area contributed by atoms with E-state index >= 15 is 0 Å². The van der Waals surface area contributed by atoms with E-state index in [2.05, 4.69) is 22.5 Å². The van der Waals surface area contributed by atoms with Crippen LogP contribution < -0.4 is 15.4 Å². The van der Waals surface area contributed by atoms with Crippen molar-refractivity contribution in [1.82, 2.24) is 10.3 Å². The van der Waals surface area contributed by atoms with Crippen LogP contribution in [0.5, 0.6) is 5.75 Å². The average molecular weight is 341 g/mol. The first-order valence-corrected chi connectivity index (χ1v) is 8.84. The van der Waals surface area contributed by atoms with Gasteiger partial charge < -0.3 is 15.4 Å². The van der Waals surface area contributed by atoms with Crippen LogP contribution in [0.3, 0.4) is 0 Å². The molecule has 1 heterocycles. The van der Waals surface area contributed by atoms with Gasteiger partial charge in [0.05, 0.1) is 7.11 Å². The Labute approximate surface area is 149 Å². The standard InChI is InChI=1S/C20H27N3O2/c1-3-4-7-12-23-20(24)17-11-14-22-19(15-17)21-13-10-16-8-5-6-9-18(16)25-2/h5-6,8-9,11,14-15H,3-4,7,10,12-13H2,1-2H3,(H,21,22)(H,23,24). The summed E-state index contributed by atoms with van der Waals surface area (Å²) in [4.78, 5) is 16.4. The zero-order valence-electron chi connectivity index (χ0n) is 15.0. The highest BCUT2D eigenvalue weighted by Crippen LogP contribution is 2.17. The number of nitrogens with one attached hydrogen (secondary N) is 2. The lowest BCUT2D eigenvalue weighted by Crippen LogP contribution is -2.24. The lowest BCUT2D eigenvalue weighted by Gasteiger charge is -2.10. The maximum Gasteiger partial charge on any atom is 0.251 e. The van der Waals surface area contributed by atoms with Crippen molar-refractivity contribution in [2.75, 3.05) is 25.5 Å². The monoisotopic (exact) mass is 341 g/mol.